The Morgan fingerprint density at radius 1 is 1.22 bits per heavy atom. The van der Waals surface area contributed by atoms with E-state index >= 15 is 0 Å². The van der Waals surface area contributed by atoms with Crippen molar-refractivity contribution in [3.8, 4) is 5.75 Å². The number of aryl methyl sites for hydroxylation is 1. The molecule has 2 N–H and O–H groups in total. The summed E-state index contributed by atoms with van der Waals surface area (Å²) >= 11 is 0. The number of ether oxygens (including phenoxy) is 1. The topological polar surface area (TPSA) is 64.7 Å². The van der Waals surface area contributed by atoms with Crippen LogP contribution in [0.5, 0.6) is 5.75 Å². The molecule has 4 heteroatoms. The lowest BCUT2D eigenvalue weighted by Gasteiger charge is -2.22. The third-order valence-electron chi connectivity index (χ3n) is 5.51. The van der Waals surface area contributed by atoms with Gasteiger partial charge in [0, 0.05) is 24.1 Å². The summed E-state index contributed by atoms with van der Waals surface area (Å²) in [7, 11) is 1.67. The summed E-state index contributed by atoms with van der Waals surface area (Å²) < 4.78 is 5.82. The van der Waals surface area contributed by atoms with Crippen molar-refractivity contribution in [3.63, 3.8) is 0 Å². The molecule has 2 unspecified atom stereocenters. The van der Waals surface area contributed by atoms with Gasteiger partial charge in [-0.05, 0) is 55.9 Å². The van der Waals surface area contributed by atoms with Gasteiger partial charge in [-0.2, -0.15) is 0 Å². The molecule has 2 aromatic rings. The maximum atomic E-state index is 13.4. The minimum absolute atomic E-state index is 0.0260. The Labute approximate surface area is 161 Å². The predicted octanol–water partition coefficient (Wildman–Crippen LogP) is 4.50. The Hall–Kier alpha value is -2.62. The van der Waals surface area contributed by atoms with Crippen LogP contribution in [-0.4, -0.2) is 25.3 Å². The lowest BCUT2D eigenvalue weighted by atomic mass is 9.83. The molecule has 0 aliphatic heterocycles. The van der Waals surface area contributed by atoms with E-state index < -0.39 is 0 Å². The molecule has 1 saturated carbocycles. The van der Waals surface area contributed by atoms with Crippen LogP contribution in [-0.2, 0) is 0 Å². The number of benzene rings is 2. The molecular weight excluding hydrogens is 336 g/mol. The fourth-order valence-corrected chi connectivity index (χ4v) is 4.11. The molecule has 0 radical (unpaired) electrons. The summed E-state index contributed by atoms with van der Waals surface area (Å²) in [5.41, 5.74) is 9.74. The lowest BCUT2D eigenvalue weighted by molar-refractivity contribution is 0.0911. The second-order valence-corrected chi connectivity index (χ2v) is 7.12. The van der Waals surface area contributed by atoms with Gasteiger partial charge in [0.1, 0.15) is 11.6 Å². The number of ketones is 1. The van der Waals surface area contributed by atoms with Crippen LogP contribution in [0.4, 0.5) is 0 Å². The molecule has 0 amide bonds. The van der Waals surface area contributed by atoms with Crippen LogP contribution < -0.4 is 10.5 Å². The van der Waals surface area contributed by atoms with Gasteiger partial charge in [-0.1, -0.05) is 36.8 Å². The fraction of sp³-hybridized carbons (Fsp3) is 0.391. The number of carbonyl (C=O) groups excluding carboxylic acids is 1. The van der Waals surface area contributed by atoms with Crippen LogP contribution in [0.2, 0.25) is 0 Å². The first kappa shape index (κ1) is 19.2. The van der Waals surface area contributed by atoms with Crippen LogP contribution in [0.1, 0.15) is 59.2 Å². The molecular formula is C23H28N2O2. The zero-order valence-corrected chi connectivity index (χ0v) is 16.4. The van der Waals surface area contributed by atoms with Crippen molar-refractivity contribution in [2.75, 3.05) is 13.7 Å². The van der Waals surface area contributed by atoms with Crippen molar-refractivity contribution in [1.82, 2.24) is 0 Å². The van der Waals surface area contributed by atoms with Crippen molar-refractivity contribution >= 4 is 11.6 Å². The van der Waals surface area contributed by atoms with Gasteiger partial charge < -0.3 is 10.5 Å². The van der Waals surface area contributed by atoms with E-state index in [1.54, 1.807) is 7.05 Å². The highest BCUT2D eigenvalue weighted by atomic mass is 16.5. The number of Topliss-reactive ketones (excluding diaryl/α,β-unsaturated/α-hetero) is 1. The highest BCUT2D eigenvalue weighted by Gasteiger charge is 2.36. The van der Waals surface area contributed by atoms with E-state index in [1.807, 2.05) is 50.2 Å². The third-order valence-corrected chi connectivity index (χ3v) is 5.51. The molecule has 0 bridgehead atoms. The average molecular weight is 364 g/mol. The number of hydrogen-bond donors (Lipinski definition) is 1. The van der Waals surface area contributed by atoms with Crippen LogP contribution in [0.3, 0.4) is 0 Å². The van der Waals surface area contributed by atoms with Crippen LogP contribution in [0.25, 0.3) is 0 Å². The van der Waals surface area contributed by atoms with Gasteiger partial charge in [-0.25, -0.2) is 0 Å². The Morgan fingerprint density at radius 3 is 2.74 bits per heavy atom. The third kappa shape index (κ3) is 3.90. The Bertz CT molecular complexity index is 857. The summed E-state index contributed by atoms with van der Waals surface area (Å²) in [6.45, 7) is 4.60. The molecule has 0 heterocycles. The first-order valence-electron chi connectivity index (χ1n) is 9.66. The predicted molar refractivity (Wildman–Crippen MR) is 110 cm³/mol. The Balaban J connectivity index is 1.93. The molecule has 142 valence electrons. The van der Waals surface area contributed by atoms with Gasteiger partial charge in [0.05, 0.1) is 6.61 Å². The van der Waals surface area contributed by atoms with Gasteiger partial charge in [-0.15, -0.1) is 0 Å². The summed E-state index contributed by atoms with van der Waals surface area (Å²) in [4.78, 5) is 17.4. The molecule has 0 spiro atoms. The van der Waals surface area contributed by atoms with Crippen LogP contribution in [0.15, 0.2) is 47.5 Å². The summed E-state index contributed by atoms with van der Waals surface area (Å²) in [5, 5.41) is 0. The van der Waals surface area contributed by atoms with E-state index in [1.165, 1.54) is 0 Å². The maximum Gasteiger partial charge on any atom is 0.166 e. The number of rotatable bonds is 6. The molecule has 2 atom stereocenters. The number of para-hydroxylation sites is 1. The van der Waals surface area contributed by atoms with Gasteiger partial charge >= 0.3 is 0 Å². The Kier molecular flexibility index (Phi) is 5.94. The van der Waals surface area contributed by atoms with E-state index in [0.717, 1.165) is 41.7 Å². The van der Waals surface area contributed by atoms with Crippen LogP contribution >= 0.6 is 0 Å². The maximum absolute atomic E-state index is 13.4. The molecule has 4 nitrogen and oxygen atoms in total. The molecule has 0 saturated heterocycles. The highest BCUT2D eigenvalue weighted by molar-refractivity contribution is 6.04. The van der Waals surface area contributed by atoms with Gasteiger partial charge in [-0.3, -0.25) is 9.79 Å². The second kappa shape index (κ2) is 8.38. The normalized spacial score (nSPS) is 19.9. The lowest BCUT2D eigenvalue weighted by Crippen LogP contribution is -2.20. The standard InChI is InChI=1S/C23H28N2O2/c1-4-27-21-11-6-5-8-18(21)17-9-7-10-19(17)22(26)16-13-12-15(2)20(14-16)23(24)25-3/h5-6,8,11-14,17,19H,4,7,9-10H2,1-3H3,(H2,24,25). The summed E-state index contributed by atoms with van der Waals surface area (Å²) in [6.07, 6.45) is 2.97. The van der Waals surface area contributed by atoms with Gasteiger partial charge in [0.15, 0.2) is 5.78 Å². The molecule has 2 aromatic carbocycles. The van der Waals surface area contributed by atoms with Crippen LogP contribution in [0, 0.1) is 12.8 Å². The van der Waals surface area contributed by atoms with Crippen molar-refractivity contribution in [1.29, 1.82) is 0 Å². The summed E-state index contributed by atoms with van der Waals surface area (Å²) in [6, 6.07) is 13.9. The SMILES string of the molecule is CCOc1ccccc1C1CCCC1C(=O)c1ccc(C)c(C(N)=NC)c1. The Morgan fingerprint density at radius 2 is 2.00 bits per heavy atom. The highest BCUT2D eigenvalue weighted by Crippen LogP contribution is 2.44. The smallest absolute Gasteiger partial charge is 0.166 e. The van der Waals surface area contributed by atoms with E-state index in [4.69, 9.17) is 10.5 Å². The van der Waals surface area contributed by atoms with Crippen molar-refractivity contribution in [2.45, 2.75) is 39.0 Å². The first-order valence-corrected chi connectivity index (χ1v) is 9.66. The fourth-order valence-electron chi connectivity index (χ4n) is 4.11. The number of amidine groups is 1. The number of nitrogens with zero attached hydrogens (tertiary/aromatic N) is 1. The molecule has 0 aromatic heterocycles. The number of nitrogens with two attached hydrogens (primary N) is 1. The number of carbonyl (C=O) groups is 1. The minimum Gasteiger partial charge on any atom is -0.494 e. The number of hydrogen-bond acceptors (Lipinski definition) is 3. The average Bonchev–Trinajstić information content (AvgIpc) is 3.17. The minimum atomic E-state index is -0.0260. The zero-order chi connectivity index (χ0) is 19.4. The molecule has 3 rings (SSSR count). The first-order chi connectivity index (χ1) is 13.1. The molecule has 1 aliphatic rings. The van der Waals surface area contributed by atoms with Crippen molar-refractivity contribution in [3.05, 3.63) is 64.7 Å². The van der Waals surface area contributed by atoms with Crippen molar-refractivity contribution < 1.29 is 9.53 Å². The van der Waals surface area contributed by atoms with E-state index in [0.29, 0.717) is 18.0 Å². The molecule has 1 fully saturated rings. The molecule has 27 heavy (non-hydrogen) atoms. The van der Waals surface area contributed by atoms with E-state index in [2.05, 4.69) is 11.1 Å². The zero-order valence-electron chi connectivity index (χ0n) is 16.4. The van der Waals surface area contributed by atoms with E-state index in [9.17, 15) is 4.79 Å². The van der Waals surface area contributed by atoms with E-state index in [-0.39, 0.29) is 17.6 Å². The van der Waals surface area contributed by atoms with Gasteiger partial charge in [0.25, 0.3) is 0 Å². The second-order valence-electron chi connectivity index (χ2n) is 7.12. The van der Waals surface area contributed by atoms with Gasteiger partial charge in [0.2, 0.25) is 0 Å². The summed E-state index contributed by atoms with van der Waals surface area (Å²) in [5.74, 6) is 1.72. The molecule has 1 aliphatic carbocycles. The largest absolute Gasteiger partial charge is 0.494 e. The monoisotopic (exact) mass is 364 g/mol. The van der Waals surface area contributed by atoms with Crippen molar-refractivity contribution in [2.24, 2.45) is 16.6 Å². The quantitative estimate of drug-likeness (QED) is 0.466. The number of aliphatic imine (C=N–C) groups is 1.